The van der Waals surface area contributed by atoms with E-state index in [0.717, 1.165) is 43.8 Å². The van der Waals surface area contributed by atoms with Crippen LogP contribution in [0.4, 0.5) is 0 Å². The number of carbonyl (C=O) groups is 1. The molecule has 0 aromatic heterocycles. The fourth-order valence-electron chi connectivity index (χ4n) is 4.42. The van der Waals surface area contributed by atoms with Crippen LogP contribution in [-0.2, 0) is 4.79 Å². The summed E-state index contributed by atoms with van der Waals surface area (Å²) in [5.74, 6) is 0.633. The number of benzene rings is 1. The summed E-state index contributed by atoms with van der Waals surface area (Å²) in [6, 6.07) is 5.91. The Morgan fingerprint density at radius 1 is 1.33 bits per heavy atom. The molecule has 1 aliphatic heterocycles. The second kappa shape index (κ2) is 8.48. The molecule has 150 valence electrons. The molecule has 3 rings (SSSR count). The topological polar surface area (TPSA) is 71.0 Å². The van der Waals surface area contributed by atoms with E-state index in [1.54, 1.807) is 7.11 Å². The molecule has 6 heteroatoms. The molecule has 1 aromatic rings. The molecular formula is C21H32N2O4. The zero-order chi connectivity index (χ0) is 19.4. The van der Waals surface area contributed by atoms with Gasteiger partial charge in [0.2, 0.25) is 0 Å². The third-order valence-corrected chi connectivity index (χ3v) is 6.11. The van der Waals surface area contributed by atoms with Crippen molar-refractivity contribution in [1.82, 2.24) is 10.2 Å². The standard InChI is InChI=1S/C21H32N2O4/c1-21(20(24)25)14-23(11-10-22-2)13-17(21)15-8-9-18(26-3)19(12-15)27-16-6-4-5-7-16/h8-9,12,16-17,22H,4-7,10-11,13-14H2,1-3H3,(H,24,25)/t17-,21+/m0/s1. The molecule has 1 saturated carbocycles. The van der Waals surface area contributed by atoms with Crippen molar-refractivity contribution in [3.8, 4) is 11.5 Å². The van der Waals surface area contributed by atoms with Gasteiger partial charge >= 0.3 is 5.97 Å². The number of likely N-dealkylation sites (tertiary alicyclic amines) is 1. The highest BCUT2D eigenvalue weighted by atomic mass is 16.5. The van der Waals surface area contributed by atoms with Gasteiger partial charge in [0.15, 0.2) is 11.5 Å². The third-order valence-electron chi connectivity index (χ3n) is 6.11. The number of aliphatic carboxylic acids is 1. The van der Waals surface area contributed by atoms with Crippen LogP contribution in [0.25, 0.3) is 0 Å². The number of ether oxygens (including phenoxy) is 2. The van der Waals surface area contributed by atoms with Crippen molar-refractivity contribution < 1.29 is 19.4 Å². The fraction of sp³-hybridized carbons (Fsp3) is 0.667. The summed E-state index contributed by atoms with van der Waals surface area (Å²) in [7, 11) is 3.56. The second-order valence-electron chi connectivity index (χ2n) is 8.05. The van der Waals surface area contributed by atoms with E-state index in [9.17, 15) is 9.90 Å². The van der Waals surface area contributed by atoms with Crippen molar-refractivity contribution in [2.75, 3.05) is 40.3 Å². The molecule has 0 spiro atoms. The van der Waals surface area contributed by atoms with Gasteiger partial charge in [-0.3, -0.25) is 4.79 Å². The normalized spacial score (nSPS) is 26.4. The van der Waals surface area contributed by atoms with E-state index >= 15 is 0 Å². The average Bonchev–Trinajstić information content (AvgIpc) is 3.28. The predicted molar refractivity (Wildman–Crippen MR) is 105 cm³/mol. The van der Waals surface area contributed by atoms with Crippen molar-refractivity contribution in [3.05, 3.63) is 23.8 Å². The molecule has 1 aromatic carbocycles. The van der Waals surface area contributed by atoms with Crippen LogP contribution in [0.5, 0.6) is 11.5 Å². The minimum absolute atomic E-state index is 0.0799. The quantitative estimate of drug-likeness (QED) is 0.727. The Balaban J connectivity index is 1.87. The molecule has 0 amide bonds. The smallest absolute Gasteiger partial charge is 0.311 e. The average molecular weight is 376 g/mol. The van der Waals surface area contributed by atoms with E-state index in [-0.39, 0.29) is 12.0 Å². The monoisotopic (exact) mass is 376 g/mol. The van der Waals surface area contributed by atoms with Crippen LogP contribution < -0.4 is 14.8 Å². The first kappa shape index (κ1) is 20.0. The minimum atomic E-state index is -0.813. The number of nitrogens with one attached hydrogen (secondary N) is 1. The Morgan fingerprint density at radius 3 is 2.70 bits per heavy atom. The molecule has 0 bridgehead atoms. The van der Waals surface area contributed by atoms with Gasteiger partial charge in [0.05, 0.1) is 18.6 Å². The van der Waals surface area contributed by atoms with Crippen LogP contribution >= 0.6 is 0 Å². The van der Waals surface area contributed by atoms with E-state index in [4.69, 9.17) is 9.47 Å². The molecule has 2 aliphatic rings. The van der Waals surface area contributed by atoms with Gasteiger partial charge < -0.3 is 24.8 Å². The lowest BCUT2D eigenvalue weighted by molar-refractivity contribution is -0.147. The highest BCUT2D eigenvalue weighted by Crippen LogP contribution is 2.45. The summed E-state index contributed by atoms with van der Waals surface area (Å²) in [5.41, 5.74) is 0.202. The van der Waals surface area contributed by atoms with Gasteiger partial charge in [-0.2, -0.15) is 0 Å². The van der Waals surface area contributed by atoms with Crippen molar-refractivity contribution in [1.29, 1.82) is 0 Å². The Hall–Kier alpha value is -1.79. The van der Waals surface area contributed by atoms with E-state index < -0.39 is 11.4 Å². The number of rotatable bonds is 8. The maximum absolute atomic E-state index is 12.1. The first-order chi connectivity index (χ1) is 13.0. The summed E-state index contributed by atoms with van der Waals surface area (Å²) < 4.78 is 11.7. The first-order valence-corrected chi connectivity index (χ1v) is 9.93. The number of nitrogens with zero attached hydrogens (tertiary/aromatic N) is 1. The first-order valence-electron chi connectivity index (χ1n) is 9.93. The van der Waals surface area contributed by atoms with Gasteiger partial charge in [-0.25, -0.2) is 0 Å². The van der Waals surface area contributed by atoms with Crippen LogP contribution in [0.2, 0.25) is 0 Å². The second-order valence-corrected chi connectivity index (χ2v) is 8.05. The molecule has 1 heterocycles. The number of hydrogen-bond donors (Lipinski definition) is 2. The van der Waals surface area contributed by atoms with Gasteiger partial charge in [-0.1, -0.05) is 6.07 Å². The molecule has 27 heavy (non-hydrogen) atoms. The third kappa shape index (κ3) is 4.22. The largest absolute Gasteiger partial charge is 0.493 e. The number of hydrogen-bond acceptors (Lipinski definition) is 5. The lowest BCUT2D eigenvalue weighted by Gasteiger charge is -2.27. The molecule has 2 fully saturated rings. The van der Waals surface area contributed by atoms with Crippen LogP contribution in [0.15, 0.2) is 18.2 Å². The van der Waals surface area contributed by atoms with Gasteiger partial charge in [-0.05, 0) is 57.4 Å². The van der Waals surface area contributed by atoms with Crippen molar-refractivity contribution in [2.24, 2.45) is 5.41 Å². The minimum Gasteiger partial charge on any atom is -0.493 e. The van der Waals surface area contributed by atoms with Crippen LogP contribution in [0.1, 0.15) is 44.1 Å². The molecule has 0 unspecified atom stereocenters. The van der Waals surface area contributed by atoms with Crippen LogP contribution in [-0.4, -0.2) is 62.4 Å². The van der Waals surface area contributed by atoms with E-state index in [1.165, 1.54) is 12.8 Å². The summed E-state index contributed by atoms with van der Waals surface area (Å²) in [6.07, 6.45) is 4.78. The van der Waals surface area contributed by atoms with Crippen molar-refractivity contribution in [3.63, 3.8) is 0 Å². The molecule has 2 N–H and O–H groups in total. The summed E-state index contributed by atoms with van der Waals surface area (Å²) in [5, 5.41) is 13.1. The Bertz CT molecular complexity index is 660. The Kier molecular flexibility index (Phi) is 6.27. The maximum atomic E-state index is 12.1. The number of carboxylic acid groups (broad SMARTS) is 1. The summed E-state index contributed by atoms with van der Waals surface area (Å²) in [4.78, 5) is 14.3. The molecule has 1 saturated heterocycles. The molecular weight excluding hydrogens is 344 g/mol. The lowest BCUT2D eigenvalue weighted by Crippen LogP contribution is -2.36. The van der Waals surface area contributed by atoms with E-state index in [0.29, 0.717) is 12.3 Å². The van der Waals surface area contributed by atoms with Crippen molar-refractivity contribution >= 4 is 5.97 Å². The van der Waals surface area contributed by atoms with Gasteiger partial charge in [0.1, 0.15) is 0 Å². The maximum Gasteiger partial charge on any atom is 0.311 e. The zero-order valence-corrected chi connectivity index (χ0v) is 16.7. The van der Waals surface area contributed by atoms with E-state index in [2.05, 4.69) is 10.2 Å². The summed E-state index contributed by atoms with van der Waals surface area (Å²) >= 11 is 0. The van der Waals surface area contributed by atoms with E-state index in [1.807, 2.05) is 32.2 Å². The molecule has 0 radical (unpaired) electrons. The zero-order valence-electron chi connectivity index (χ0n) is 16.7. The molecule has 1 aliphatic carbocycles. The highest BCUT2D eigenvalue weighted by molar-refractivity contribution is 5.77. The van der Waals surface area contributed by atoms with Gasteiger partial charge in [-0.15, -0.1) is 0 Å². The van der Waals surface area contributed by atoms with Gasteiger partial charge in [0.25, 0.3) is 0 Å². The Morgan fingerprint density at radius 2 is 2.07 bits per heavy atom. The lowest BCUT2D eigenvalue weighted by atomic mass is 9.76. The number of methoxy groups -OCH3 is 1. The molecule has 2 atom stereocenters. The fourth-order valence-corrected chi connectivity index (χ4v) is 4.42. The Labute approximate surface area is 161 Å². The van der Waals surface area contributed by atoms with Crippen molar-refractivity contribution in [2.45, 2.75) is 44.6 Å². The van der Waals surface area contributed by atoms with Gasteiger partial charge in [0, 0.05) is 32.1 Å². The predicted octanol–water partition coefficient (Wildman–Crippen LogP) is 2.73. The molecule has 6 nitrogen and oxygen atoms in total. The van der Waals surface area contributed by atoms with Crippen LogP contribution in [0, 0.1) is 5.41 Å². The summed E-state index contributed by atoms with van der Waals surface area (Å²) in [6.45, 7) is 4.85. The number of carboxylic acids is 1. The van der Waals surface area contributed by atoms with Crippen LogP contribution in [0.3, 0.4) is 0 Å². The number of likely N-dealkylation sites (N-methyl/N-ethyl adjacent to an activating group) is 1. The SMILES string of the molecule is CNCCN1C[C@@H](c2ccc(OC)c(OC3CCCC3)c2)[C@](C)(C(=O)O)C1. The highest BCUT2D eigenvalue weighted by Gasteiger charge is 2.49.